The number of rotatable bonds is 11. The largest absolute Gasteiger partial charge is 0.486 e. The van der Waals surface area contributed by atoms with Gasteiger partial charge in [0.2, 0.25) is 5.91 Å². The zero-order valence-corrected chi connectivity index (χ0v) is 19.3. The number of amides is 1. The number of nitrogens with one attached hydrogen (secondary N) is 1. The van der Waals surface area contributed by atoms with E-state index < -0.39 is 4.92 Å². The molecule has 0 aliphatic heterocycles. The molecule has 33 heavy (non-hydrogen) atoms. The van der Waals surface area contributed by atoms with Crippen LogP contribution < -0.4 is 10.1 Å². The van der Waals surface area contributed by atoms with Crippen LogP contribution in [0.3, 0.4) is 0 Å². The Morgan fingerprint density at radius 2 is 2.03 bits per heavy atom. The minimum atomic E-state index is -0.470. The first-order valence-corrected chi connectivity index (χ1v) is 11.3. The van der Waals surface area contributed by atoms with Crippen LogP contribution in [0.1, 0.15) is 23.9 Å². The molecule has 0 fully saturated rings. The highest BCUT2D eigenvalue weighted by Gasteiger charge is 2.15. The van der Waals surface area contributed by atoms with Crippen molar-refractivity contribution in [1.82, 2.24) is 14.8 Å². The summed E-state index contributed by atoms with van der Waals surface area (Å²) in [6.45, 7) is 8.30. The number of hydrogen-bond acceptors (Lipinski definition) is 7. The van der Waals surface area contributed by atoms with Crippen LogP contribution in [0, 0.1) is 17.0 Å². The van der Waals surface area contributed by atoms with Gasteiger partial charge in [0.05, 0.1) is 10.7 Å². The van der Waals surface area contributed by atoms with Crippen molar-refractivity contribution in [2.75, 3.05) is 11.1 Å². The summed E-state index contributed by atoms with van der Waals surface area (Å²) in [4.78, 5) is 22.8. The van der Waals surface area contributed by atoms with Gasteiger partial charge in [-0.05, 0) is 42.7 Å². The van der Waals surface area contributed by atoms with E-state index in [2.05, 4.69) is 29.0 Å². The Kier molecular flexibility index (Phi) is 8.20. The van der Waals surface area contributed by atoms with Crippen molar-refractivity contribution in [1.29, 1.82) is 0 Å². The van der Waals surface area contributed by atoms with Gasteiger partial charge in [0.1, 0.15) is 12.4 Å². The van der Waals surface area contributed by atoms with Crippen LogP contribution in [0.25, 0.3) is 0 Å². The summed E-state index contributed by atoms with van der Waals surface area (Å²) in [6.07, 6.45) is 2.69. The third-order valence-corrected chi connectivity index (χ3v) is 5.80. The molecule has 0 aliphatic rings. The molecular weight excluding hydrogens is 442 g/mol. The number of benzene rings is 2. The van der Waals surface area contributed by atoms with E-state index in [1.165, 1.54) is 35.5 Å². The second-order valence-electron chi connectivity index (χ2n) is 7.18. The summed E-state index contributed by atoms with van der Waals surface area (Å²) in [5.74, 6) is 1.22. The molecule has 172 valence electrons. The molecule has 0 spiro atoms. The van der Waals surface area contributed by atoms with E-state index in [4.69, 9.17) is 4.74 Å². The average Bonchev–Trinajstić information content (AvgIpc) is 3.19. The number of carbonyl (C=O) groups excluding carboxylic acids is 1. The molecule has 0 atom stereocenters. The number of hydrogen-bond donors (Lipinski definition) is 1. The highest BCUT2D eigenvalue weighted by molar-refractivity contribution is 7.99. The lowest BCUT2D eigenvalue weighted by atomic mass is 10.2. The van der Waals surface area contributed by atoms with Crippen molar-refractivity contribution < 1.29 is 14.5 Å². The van der Waals surface area contributed by atoms with Crippen molar-refractivity contribution in [2.45, 2.75) is 38.6 Å². The van der Waals surface area contributed by atoms with Gasteiger partial charge in [-0.3, -0.25) is 19.5 Å². The van der Waals surface area contributed by atoms with Crippen LogP contribution in [0.2, 0.25) is 0 Å². The van der Waals surface area contributed by atoms with Gasteiger partial charge in [0, 0.05) is 24.4 Å². The maximum Gasteiger partial charge on any atom is 0.269 e. The summed E-state index contributed by atoms with van der Waals surface area (Å²) < 4.78 is 7.69. The van der Waals surface area contributed by atoms with Crippen LogP contribution in [0.15, 0.2) is 60.3 Å². The molecule has 0 saturated carbocycles. The molecule has 9 nitrogen and oxygen atoms in total. The molecule has 3 rings (SSSR count). The molecule has 0 bridgehead atoms. The van der Waals surface area contributed by atoms with Crippen molar-refractivity contribution in [3.05, 3.63) is 82.2 Å². The van der Waals surface area contributed by atoms with E-state index in [-0.39, 0.29) is 24.0 Å². The zero-order chi connectivity index (χ0) is 23.8. The quantitative estimate of drug-likeness (QED) is 0.190. The first kappa shape index (κ1) is 24.0. The Bertz CT molecular complexity index is 1140. The number of aromatic nitrogens is 3. The Balaban J connectivity index is 1.61. The third kappa shape index (κ3) is 6.42. The summed E-state index contributed by atoms with van der Waals surface area (Å²) >= 11 is 1.24. The number of nitro benzene ring substituents is 1. The van der Waals surface area contributed by atoms with Crippen LogP contribution in [-0.2, 0) is 24.4 Å². The van der Waals surface area contributed by atoms with Crippen molar-refractivity contribution in [2.24, 2.45) is 0 Å². The number of non-ortho nitro benzene ring substituents is 1. The van der Waals surface area contributed by atoms with E-state index >= 15 is 0 Å². The highest BCUT2D eigenvalue weighted by Crippen LogP contribution is 2.23. The topological polar surface area (TPSA) is 112 Å². The predicted molar refractivity (Wildman–Crippen MR) is 128 cm³/mol. The fourth-order valence-electron chi connectivity index (χ4n) is 3.03. The highest BCUT2D eigenvalue weighted by atomic mass is 32.2. The van der Waals surface area contributed by atoms with Gasteiger partial charge < -0.3 is 10.1 Å². The summed E-state index contributed by atoms with van der Waals surface area (Å²) in [7, 11) is 0. The molecule has 0 aliphatic carbocycles. The zero-order valence-electron chi connectivity index (χ0n) is 18.5. The Labute approximate surface area is 196 Å². The Morgan fingerprint density at radius 1 is 1.27 bits per heavy atom. The van der Waals surface area contributed by atoms with Crippen LogP contribution in [0.4, 0.5) is 11.4 Å². The minimum Gasteiger partial charge on any atom is -0.486 e. The summed E-state index contributed by atoms with van der Waals surface area (Å²) in [5, 5.41) is 22.6. The monoisotopic (exact) mass is 467 g/mol. The Morgan fingerprint density at radius 3 is 2.67 bits per heavy atom. The van der Waals surface area contributed by atoms with Gasteiger partial charge in [0.15, 0.2) is 11.0 Å². The number of nitrogens with zero attached hydrogens (tertiary/aromatic N) is 4. The van der Waals surface area contributed by atoms with Gasteiger partial charge >= 0.3 is 0 Å². The van der Waals surface area contributed by atoms with Gasteiger partial charge in [-0.25, -0.2) is 0 Å². The van der Waals surface area contributed by atoms with Gasteiger partial charge in [-0.15, -0.1) is 16.8 Å². The number of aryl methyl sites for hydroxylation is 2. The third-order valence-electron chi connectivity index (χ3n) is 4.83. The molecule has 1 heterocycles. The van der Waals surface area contributed by atoms with Crippen LogP contribution >= 0.6 is 11.8 Å². The fraction of sp³-hybridized carbons (Fsp3) is 0.261. The molecule has 1 aromatic heterocycles. The van der Waals surface area contributed by atoms with Crippen LogP contribution in [-0.4, -0.2) is 31.3 Å². The molecule has 10 heteroatoms. The molecule has 0 unspecified atom stereocenters. The van der Waals surface area contributed by atoms with Gasteiger partial charge in [0.25, 0.3) is 5.69 Å². The lowest BCUT2D eigenvalue weighted by molar-refractivity contribution is -0.384. The maximum absolute atomic E-state index is 12.4. The smallest absolute Gasteiger partial charge is 0.269 e. The second kappa shape index (κ2) is 11.3. The number of nitro groups is 1. The van der Waals surface area contributed by atoms with E-state index in [9.17, 15) is 14.9 Å². The first-order chi connectivity index (χ1) is 15.9. The van der Waals surface area contributed by atoms with Crippen LogP contribution in [0.5, 0.6) is 5.75 Å². The molecule has 2 aromatic carbocycles. The average molecular weight is 468 g/mol. The van der Waals surface area contributed by atoms with E-state index in [1.54, 1.807) is 13.0 Å². The molecule has 0 saturated heterocycles. The van der Waals surface area contributed by atoms with Crippen molar-refractivity contribution in [3.8, 4) is 5.75 Å². The van der Waals surface area contributed by atoms with E-state index in [0.29, 0.717) is 28.8 Å². The maximum atomic E-state index is 12.4. The second-order valence-corrected chi connectivity index (χ2v) is 8.12. The lowest BCUT2D eigenvalue weighted by Crippen LogP contribution is -2.15. The van der Waals surface area contributed by atoms with Crippen molar-refractivity contribution >= 4 is 29.0 Å². The lowest BCUT2D eigenvalue weighted by Gasteiger charge is -2.10. The predicted octanol–water partition coefficient (Wildman–Crippen LogP) is 4.55. The number of allylic oxidation sites excluding steroid dienone is 1. The standard InChI is InChI=1S/C23H25N5O4S/c1-4-12-27-21(14-32-19-9-6-17(5-2)7-10-19)25-26-23(27)33-15-22(29)24-20-11-8-18(28(30)31)13-16(20)3/h4,6-11,13H,1,5,12,14-15H2,2-3H3,(H,24,29). The minimum absolute atomic E-state index is 0.0199. The molecule has 3 aromatic rings. The first-order valence-electron chi connectivity index (χ1n) is 10.3. The van der Waals surface area contributed by atoms with E-state index in [1.807, 2.05) is 28.8 Å². The molecular formula is C23H25N5O4S. The number of thioether (sulfide) groups is 1. The summed E-state index contributed by atoms with van der Waals surface area (Å²) in [5.41, 5.74) is 2.36. The molecule has 1 amide bonds. The van der Waals surface area contributed by atoms with Crippen molar-refractivity contribution in [3.63, 3.8) is 0 Å². The summed E-state index contributed by atoms with van der Waals surface area (Å²) in [6, 6.07) is 12.2. The SMILES string of the molecule is C=CCn1c(COc2ccc(CC)cc2)nnc1SCC(=O)Nc1ccc([N+](=O)[O-])cc1C. The van der Waals surface area contributed by atoms with E-state index in [0.717, 1.165) is 12.2 Å². The number of anilines is 1. The molecule has 1 N–H and O–H groups in total. The normalized spacial score (nSPS) is 10.6. The number of carbonyl (C=O) groups is 1. The number of ether oxygens (including phenoxy) is 1. The Hall–Kier alpha value is -3.66. The fourth-order valence-corrected chi connectivity index (χ4v) is 3.80. The van der Waals surface area contributed by atoms with Gasteiger partial charge in [-0.2, -0.15) is 0 Å². The molecule has 0 radical (unpaired) electrons. The van der Waals surface area contributed by atoms with Gasteiger partial charge in [-0.1, -0.05) is 36.9 Å².